The third kappa shape index (κ3) is 3.07. The molecule has 0 bridgehead atoms. The predicted molar refractivity (Wildman–Crippen MR) is 93.9 cm³/mol. The average molecular weight is 405 g/mol. The number of halogens is 1. The van der Waals surface area contributed by atoms with E-state index in [0.717, 1.165) is 20.9 Å². The van der Waals surface area contributed by atoms with E-state index in [2.05, 4.69) is 36.4 Å². The van der Waals surface area contributed by atoms with E-state index in [9.17, 15) is 4.79 Å². The molecule has 1 aliphatic rings. The first-order chi connectivity index (χ1) is 12.2. The molecule has 3 aromatic rings. The second-order valence-electron chi connectivity index (χ2n) is 6.15. The predicted octanol–water partition coefficient (Wildman–Crippen LogP) is 2.68. The molecule has 0 radical (unpaired) electrons. The second kappa shape index (κ2) is 6.61. The highest BCUT2D eigenvalue weighted by Gasteiger charge is 2.39. The molecule has 4 rings (SSSR count). The number of amides is 1. The molecule has 1 aromatic carbocycles. The van der Waals surface area contributed by atoms with Crippen LogP contribution >= 0.6 is 15.9 Å². The van der Waals surface area contributed by atoms with Crippen LogP contribution in [0.2, 0.25) is 0 Å². The van der Waals surface area contributed by atoms with Gasteiger partial charge in [0.25, 0.3) is 0 Å². The van der Waals surface area contributed by atoms with Gasteiger partial charge in [-0.2, -0.15) is 4.98 Å². The van der Waals surface area contributed by atoms with Gasteiger partial charge in [0.15, 0.2) is 5.82 Å². The number of nitrogens with one attached hydrogen (secondary N) is 2. The van der Waals surface area contributed by atoms with Gasteiger partial charge in [-0.3, -0.25) is 4.79 Å². The van der Waals surface area contributed by atoms with Crippen molar-refractivity contribution in [2.24, 2.45) is 0 Å². The number of nitrogens with zero attached hydrogens (tertiary/aromatic N) is 2. The molecule has 2 N–H and O–H groups in total. The van der Waals surface area contributed by atoms with Crippen molar-refractivity contribution in [3.8, 4) is 0 Å². The van der Waals surface area contributed by atoms with Crippen LogP contribution in [-0.2, 0) is 21.5 Å². The summed E-state index contributed by atoms with van der Waals surface area (Å²) in [6, 6.07) is 5.91. The maximum absolute atomic E-state index is 12.8. The minimum atomic E-state index is -0.633. The Kier molecular flexibility index (Phi) is 4.30. The molecule has 130 valence electrons. The van der Waals surface area contributed by atoms with Gasteiger partial charge in [0.05, 0.1) is 6.42 Å². The van der Waals surface area contributed by atoms with E-state index in [0.29, 0.717) is 31.9 Å². The van der Waals surface area contributed by atoms with E-state index in [1.165, 1.54) is 6.39 Å². The molecule has 0 aliphatic carbocycles. The number of carbonyl (C=O) groups is 1. The van der Waals surface area contributed by atoms with E-state index < -0.39 is 5.54 Å². The van der Waals surface area contributed by atoms with E-state index in [1.54, 1.807) is 0 Å². The number of rotatable bonds is 4. The van der Waals surface area contributed by atoms with Gasteiger partial charge < -0.3 is 19.6 Å². The highest BCUT2D eigenvalue weighted by Crippen LogP contribution is 2.31. The summed E-state index contributed by atoms with van der Waals surface area (Å²) in [6.45, 7) is 1.10. The Hall–Kier alpha value is -2.19. The monoisotopic (exact) mass is 404 g/mol. The lowest BCUT2D eigenvalue weighted by Crippen LogP contribution is -2.50. The number of benzene rings is 1. The molecule has 0 atom stereocenters. The zero-order valence-corrected chi connectivity index (χ0v) is 15.0. The highest BCUT2D eigenvalue weighted by atomic mass is 79.9. The fourth-order valence-corrected chi connectivity index (χ4v) is 3.96. The van der Waals surface area contributed by atoms with Crippen molar-refractivity contribution in [2.45, 2.75) is 24.8 Å². The molecule has 1 fully saturated rings. The first-order valence-electron chi connectivity index (χ1n) is 8.08. The normalized spacial score (nSPS) is 16.8. The summed E-state index contributed by atoms with van der Waals surface area (Å²) in [4.78, 5) is 20.1. The smallest absolute Gasteiger partial charge is 0.225 e. The van der Waals surface area contributed by atoms with Crippen LogP contribution in [0.25, 0.3) is 10.9 Å². The molecule has 0 unspecified atom stereocenters. The minimum Gasteiger partial charge on any atom is -0.381 e. The lowest BCUT2D eigenvalue weighted by Gasteiger charge is -2.35. The number of aromatic amines is 1. The number of aromatic nitrogens is 3. The molecule has 3 heterocycles. The van der Waals surface area contributed by atoms with Crippen molar-refractivity contribution in [2.75, 3.05) is 13.2 Å². The summed E-state index contributed by atoms with van der Waals surface area (Å²) in [7, 11) is 0. The Bertz CT molecular complexity index is 885. The van der Waals surface area contributed by atoms with Crippen molar-refractivity contribution in [1.82, 2.24) is 20.4 Å². The largest absolute Gasteiger partial charge is 0.381 e. The lowest BCUT2D eigenvalue weighted by molar-refractivity contribution is -0.124. The van der Waals surface area contributed by atoms with Crippen molar-refractivity contribution in [3.63, 3.8) is 0 Å². The van der Waals surface area contributed by atoms with Crippen molar-refractivity contribution in [3.05, 3.63) is 46.7 Å². The Balaban J connectivity index is 1.58. The fraction of sp³-hybridized carbons (Fsp3) is 0.353. The Labute approximate surface area is 152 Å². The van der Waals surface area contributed by atoms with Crippen LogP contribution < -0.4 is 5.32 Å². The summed E-state index contributed by atoms with van der Waals surface area (Å²) in [6.07, 6.45) is 4.67. The Morgan fingerprint density at radius 2 is 2.20 bits per heavy atom. The molecule has 2 aromatic heterocycles. The Morgan fingerprint density at radius 3 is 2.96 bits per heavy atom. The topological polar surface area (TPSA) is 93.0 Å². The summed E-state index contributed by atoms with van der Waals surface area (Å²) in [5, 5.41) is 8.11. The molecule has 25 heavy (non-hydrogen) atoms. The van der Waals surface area contributed by atoms with Gasteiger partial charge in [0.2, 0.25) is 12.3 Å². The molecule has 8 heteroatoms. The molecule has 1 saturated heterocycles. The maximum Gasteiger partial charge on any atom is 0.225 e. The number of carbonyl (C=O) groups excluding carboxylic acids is 1. The van der Waals surface area contributed by atoms with Crippen LogP contribution in [0, 0.1) is 0 Å². The number of hydrogen-bond donors (Lipinski definition) is 2. The van der Waals surface area contributed by atoms with Gasteiger partial charge in [-0.25, -0.2) is 0 Å². The zero-order valence-electron chi connectivity index (χ0n) is 13.4. The molecule has 1 aliphatic heterocycles. The summed E-state index contributed by atoms with van der Waals surface area (Å²) < 4.78 is 11.3. The second-order valence-corrected chi connectivity index (χ2v) is 7.00. The third-order valence-corrected chi connectivity index (χ3v) is 5.26. The minimum absolute atomic E-state index is 0.0802. The van der Waals surface area contributed by atoms with Gasteiger partial charge in [-0.15, -0.1) is 0 Å². The van der Waals surface area contributed by atoms with E-state index in [1.807, 2.05) is 24.4 Å². The number of fused-ring (bicyclic) bond motifs is 1. The summed E-state index contributed by atoms with van der Waals surface area (Å²) in [5.41, 5.74) is 1.30. The number of H-pyrrole nitrogens is 1. The maximum atomic E-state index is 12.8. The van der Waals surface area contributed by atoms with E-state index in [-0.39, 0.29) is 12.3 Å². The molecule has 1 amide bonds. The van der Waals surface area contributed by atoms with Crippen LogP contribution in [0.15, 0.2) is 39.8 Å². The molecule has 7 nitrogen and oxygen atoms in total. The quantitative estimate of drug-likeness (QED) is 0.696. The lowest BCUT2D eigenvalue weighted by atomic mass is 9.88. The van der Waals surface area contributed by atoms with Crippen molar-refractivity contribution < 1.29 is 14.1 Å². The number of ether oxygens (including phenoxy) is 1. The molecule has 0 spiro atoms. The highest BCUT2D eigenvalue weighted by molar-refractivity contribution is 9.10. The van der Waals surface area contributed by atoms with Crippen molar-refractivity contribution in [1.29, 1.82) is 0 Å². The SMILES string of the molecule is O=C(Cc1c[nH]c2cccc(Br)c12)NC1(c2ncon2)CCOCC1. The first-order valence-corrected chi connectivity index (χ1v) is 8.87. The van der Waals surface area contributed by atoms with Crippen LogP contribution in [0.4, 0.5) is 0 Å². The summed E-state index contributed by atoms with van der Waals surface area (Å²) >= 11 is 3.56. The standard InChI is InChI=1S/C17H17BrN4O3/c18-12-2-1-3-13-15(12)11(9-19-13)8-14(23)21-17(4-6-24-7-5-17)16-20-10-25-22-16/h1-3,9-10,19H,4-8H2,(H,21,23). The van der Waals surface area contributed by atoms with Crippen LogP contribution in [0.5, 0.6) is 0 Å². The van der Waals surface area contributed by atoms with Gasteiger partial charge in [0.1, 0.15) is 5.54 Å². The zero-order chi connectivity index (χ0) is 17.3. The van der Waals surface area contributed by atoms with E-state index >= 15 is 0 Å². The fourth-order valence-electron chi connectivity index (χ4n) is 3.34. The molecule has 0 saturated carbocycles. The van der Waals surface area contributed by atoms with Gasteiger partial charge in [0, 0.05) is 47.6 Å². The van der Waals surface area contributed by atoms with E-state index in [4.69, 9.17) is 9.26 Å². The van der Waals surface area contributed by atoms with Crippen LogP contribution in [-0.4, -0.2) is 34.2 Å². The molecular formula is C17H17BrN4O3. The van der Waals surface area contributed by atoms with Crippen molar-refractivity contribution >= 4 is 32.7 Å². The van der Waals surface area contributed by atoms with Gasteiger partial charge >= 0.3 is 0 Å². The van der Waals surface area contributed by atoms with Gasteiger partial charge in [-0.1, -0.05) is 27.2 Å². The first kappa shape index (κ1) is 16.3. The Morgan fingerprint density at radius 1 is 1.36 bits per heavy atom. The van der Waals surface area contributed by atoms with Crippen LogP contribution in [0.1, 0.15) is 24.2 Å². The average Bonchev–Trinajstić information content (AvgIpc) is 3.27. The summed E-state index contributed by atoms with van der Waals surface area (Å²) in [5.74, 6) is 0.424. The third-order valence-electron chi connectivity index (χ3n) is 4.60. The number of hydrogen-bond acceptors (Lipinski definition) is 5. The molecular weight excluding hydrogens is 388 g/mol. The van der Waals surface area contributed by atoms with Gasteiger partial charge in [-0.05, 0) is 17.7 Å². The van der Waals surface area contributed by atoms with Crippen LogP contribution in [0.3, 0.4) is 0 Å².